The minimum absolute atomic E-state index is 0.0316. The maximum atomic E-state index is 5.20. The fraction of sp³-hybridized carbons (Fsp3) is 0.400. The third kappa shape index (κ3) is 3.42. The molecule has 120 valence electrons. The van der Waals surface area contributed by atoms with Crippen LogP contribution in [0.4, 0.5) is 0 Å². The first-order chi connectivity index (χ1) is 11.0. The van der Waals surface area contributed by atoms with Crippen molar-refractivity contribution < 1.29 is 4.52 Å². The second kappa shape index (κ2) is 6.49. The highest BCUT2D eigenvalue weighted by atomic mass is 32.2. The molecular formula is C15H18N6OS. The Hall–Kier alpha value is -2.22. The fourth-order valence-corrected chi connectivity index (χ4v) is 2.94. The Morgan fingerprint density at radius 3 is 2.48 bits per heavy atom. The number of hydrogen-bond acceptors (Lipinski definition) is 7. The Kier molecular flexibility index (Phi) is 4.42. The van der Waals surface area contributed by atoms with Gasteiger partial charge in [-0.1, -0.05) is 42.9 Å². The maximum Gasteiger partial charge on any atom is 0.239 e. The smallest absolute Gasteiger partial charge is 0.239 e. The molecule has 0 amide bonds. The minimum atomic E-state index is -0.0316. The molecule has 3 aromatic rings. The molecule has 1 atom stereocenters. The topological polar surface area (TPSA) is 82.5 Å². The van der Waals surface area contributed by atoms with Crippen LogP contribution in [0, 0.1) is 6.92 Å². The maximum absolute atomic E-state index is 5.20. The molecule has 1 aromatic carbocycles. The summed E-state index contributed by atoms with van der Waals surface area (Å²) in [4.78, 5) is 4.25. The van der Waals surface area contributed by atoms with E-state index in [0.717, 1.165) is 5.69 Å². The average Bonchev–Trinajstić information content (AvgIpc) is 3.16. The zero-order valence-corrected chi connectivity index (χ0v) is 14.3. The summed E-state index contributed by atoms with van der Waals surface area (Å²) in [5.41, 5.74) is 2.21. The van der Waals surface area contributed by atoms with Crippen molar-refractivity contribution in [3.05, 3.63) is 41.5 Å². The second-order valence-electron chi connectivity index (χ2n) is 5.56. The molecule has 0 aliphatic carbocycles. The number of benzene rings is 1. The molecule has 0 aliphatic rings. The molecule has 3 rings (SSSR count). The zero-order valence-electron chi connectivity index (χ0n) is 13.5. The number of tetrazole rings is 1. The van der Waals surface area contributed by atoms with Gasteiger partial charge in [0, 0.05) is 0 Å². The van der Waals surface area contributed by atoms with E-state index < -0.39 is 0 Å². The molecule has 1 unspecified atom stereocenters. The number of aryl methyl sites for hydroxylation is 1. The van der Waals surface area contributed by atoms with Crippen molar-refractivity contribution in [2.75, 3.05) is 0 Å². The molecule has 7 nitrogen and oxygen atoms in total. The number of thioether (sulfide) groups is 1. The van der Waals surface area contributed by atoms with Crippen molar-refractivity contribution in [2.24, 2.45) is 0 Å². The van der Waals surface area contributed by atoms with Gasteiger partial charge in [-0.25, -0.2) is 0 Å². The molecular weight excluding hydrogens is 312 g/mol. The summed E-state index contributed by atoms with van der Waals surface area (Å²) in [6, 6.07) is 8.25. The van der Waals surface area contributed by atoms with Crippen molar-refractivity contribution in [3.63, 3.8) is 0 Å². The standard InChI is InChI=1S/C15H18N6OS/c1-9(2)12-5-7-13(8-6-12)21-15(17-19-20-21)23-10(3)14-16-11(4)18-22-14/h5-10H,1-4H3. The van der Waals surface area contributed by atoms with Crippen LogP contribution in [0.3, 0.4) is 0 Å². The van der Waals surface area contributed by atoms with Gasteiger partial charge in [-0.15, -0.1) is 5.10 Å². The van der Waals surface area contributed by atoms with E-state index in [1.165, 1.54) is 17.3 Å². The molecule has 0 aliphatic heterocycles. The van der Waals surface area contributed by atoms with E-state index in [-0.39, 0.29) is 5.25 Å². The molecule has 2 aromatic heterocycles. The third-order valence-electron chi connectivity index (χ3n) is 3.42. The molecule has 0 N–H and O–H groups in total. The van der Waals surface area contributed by atoms with Crippen LogP contribution < -0.4 is 0 Å². The summed E-state index contributed by atoms with van der Waals surface area (Å²) in [7, 11) is 0. The summed E-state index contributed by atoms with van der Waals surface area (Å²) in [6.07, 6.45) is 0. The highest BCUT2D eigenvalue weighted by molar-refractivity contribution is 7.99. The van der Waals surface area contributed by atoms with Crippen molar-refractivity contribution in [1.82, 2.24) is 30.3 Å². The minimum Gasteiger partial charge on any atom is -0.338 e. The predicted molar refractivity (Wildman–Crippen MR) is 86.6 cm³/mol. The molecule has 2 heterocycles. The highest BCUT2D eigenvalue weighted by Gasteiger charge is 2.19. The van der Waals surface area contributed by atoms with E-state index in [1.54, 1.807) is 11.6 Å². The van der Waals surface area contributed by atoms with E-state index >= 15 is 0 Å². The molecule has 23 heavy (non-hydrogen) atoms. The Labute approximate surface area is 138 Å². The lowest BCUT2D eigenvalue weighted by molar-refractivity contribution is 0.376. The molecule has 0 fully saturated rings. The number of hydrogen-bond donors (Lipinski definition) is 0. The van der Waals surface area contributed by atoms with Gasteiger partial charge >= 0.3 is 0 Å². The monoisotopic (exact) mass is 330 g/mol. The van der Waals surface area contributed by atoms with Crippen LogP contribution in [-0.2, 0) is 0 Å². The molecule has 8 heteroatoms. The SMILES string of the molecule is Cc1noc(C(C)Sc2nnnn2-c2ccc(C(C)C)cc2)n1. The van der Waals surface area contributed by atoms with Gasteiger partial charge in [0.05, 0.1) is 10.9 Å². The fourth-order valence-electron chi connectivity index (χ4n) is 2.10. The molecule has 0 spiro atoms. The van der Waals surface area contributed by atoms with Gasteiger partial charge in [0.15, 0.2) is 5.82 Å². The Morgan fingerprint density at radius 2 is 1.87 bits per heavy atom. The van der Waals surface area contributed by atoms with Crippen molar-refractivity contribution >= 4 is 11.8 Å². The van der Waals surface area contributed by atoms with Gasteiger partial charge in [0.2, 0.25) is 11.0 Å². The summed E-state index contributed by atoms with van der Waals surface area (Å²) in [5, 5.41) is 16.4. The van der Waals surface area contributed by atoms with Crippen LogP contribution in [0.2, 0.25) is 0 Å². The molecule has 0 saturated heterocycles. The van der Waals surface area contributed by atoms with E-state index in [2.05, 4.69) is 51.6 Å². The number of nitrogens with zero attached hydrogens (tertiary/aromatic N) is 6. The third-order valence-corrected chi connectivity index (χ3v) is 4.44. The lowest BCUT2D eigenvalue weighted by atomic mass is 10.0. The largest absolute Gasteiger partial charge is 0.338 e. The molecule has 0 saturated carbocycles. The van der Waals surface area contributed by atoms with E-state index in [1.807, 2.05) is 19.1 Å². The first-order valence-corrected chi connectivity index (χ1v) is 8.28. The lowest BCUT2D eigenvalue weighted by Crippen LogP contribution is -2.01. The Bertz CT molecular complexity index is 779. The summed E-state index contributed by atoms with van der Waals surface area (Å²) < 4.78 is 6.92. The van der Waals surface area contributed by atoms with Crippen LogP contribution >= 0.6 is 11.8 Å². The molecule has 0 bridgehead atoms. The van der Waals surface area contributed by atoms with Crippen LogP contribution in [0.5, 0.6) is 0 Å². The average molecular weight is 330 g/mol. The van der Waals surface area contributed by atoms with E-state index in [9.17, 15) is 0 Å². The number of rotatable bonds is 5. The highest BCUT2D eigenvalue weighted by Crippen LogP contribution is 2.33. The Balaban J connectivity index is 1.81. The predicted octanol–water partition coefficient (Wildman–Crippen LogP) is 3.33. The van der Waals surface area contributed by atoms with Crippen LogP contribution in [-0.4, -0.2) is 30.3 Å². The van der Waals surface area contributed by atoms with Gasteiger partial charge in [0.1, 0.15) is 0 Å². The van der Waals surface area contributed by atoms with Gasteiger partial charge < -0.3 is 4.52 Å². The summed E-state index contributed by atoms with van der Waals surface area (Å²) in [6.45, 7) is 8.12. The van der Waals surface area contributed by atoms with Crippen LogP contribution in [0.1, 0.15) is 49.2 Å². The normalized spacial score (nSPS) is 12.7. The van der Waals surface area contributed by atoms with E-state index in [4.69, 9.17) is 4.52 Å². The van der Waals surface area contributed by atoms with Crippen LogP contribution in [0.15, 0.2) is 33.9 Å². The molecule has 0 radical (unpaired) electrons. The second-order valence-corrected chi connectivity index (χ2v) is 6.87. The van der Waals surface area contributed by atoms with Crippen molar-refractivity contribution in [1.29, 1.82) is 0 Å². The van der Waals surface area contributed by atoms with Gasteiger partial charge in [-0.2, -0.15) is 9.67 Å². The summed E-state index contributed by atoms with van der Waals surface area (Å²) in [5.74, 6) is 1.68. The Morgan fingerprint density at radius 1 is 1.13 bits per heavy atom. The number of aromatic nitrogens is 6. The zero-order chi connectivity index (χ0) is 16.4. The first kappa shape index (κ1) is 15.7. The van der Waals surface area contributed by atoms with Gasteiger partial charge in [0.25, 0.3) is 0 Å². The first-order valence-electron chi connectivity index (χ1n) is 7.40. The van der Waals surface area contributed by atoms with Gasteiger partial charge in [-0.05, 0) is 47.9 Å². The summed E-state index contributed by atoms with van der Waals surface area (Å²) >= 11 is 1.48. The van der Waals surface area contributed by atoms with E-state index in [0.29, 0.717) is 22.8 Å². The lowest BCUT2D eigenvalue weighted by Gasteiger charge is -2.09. The van der Waals surface area contributed by atoms with Crippen molar-refractivity contribution in [3.8, 4) is 5.69 Å². The van der Waals surface area contributed by atoms with Crippen LogP contribution in [0.25, 0.3) is 5.69 Å². The van der Waals surface area contributed by atoms with Crippen molar-refractivity contribution in [2.45, 2.75) is 44.0 Å². The quantitative estimate of drug-likeness (QED) is 0.663. The van der Waals surface area contributed by atoms with Gasteiger partial charge in [-0.3, -0.25) is 0 Å².